The highest BCUT2D eigenvalue weighted by molar-refractivity contribution is 7.99. The van der Waals surface area contributed by atoms with Gasteiger partial charge in [-0.3, -0.25) is 9.36 Å². The van der Waals surface area contributed by atoms with E-state index in [1.807, 2.05) is 43.3 Å². The number of ether oxygens (including phenoxy) is 1. The molecule has 0 saturated carbocycles. The molecule has 140 valence electrons. The van der Waals surface area contributed by atoms with Crippen LogP contribution in [0.5, 0.6) is 0 Å². The van der Waals surface area contributed by atoms with Crippen LogP contribution in [-0.2, 0) is 4.74 Å². The largest absolute Gasteiger partial charge is 0.377 e. The Hall–Kier alpha value is -2.11. The topological polar surface area (TPSA) is 44.1 Å². The summed E-state index contributed by atoms with van der Waals surface area (Å²) in [6.07, 6.45) is 3.66. The van der Waals surface area contributed by atoms with E-state index in [9.17, 15) is 4.79 Å². The lowest BCUT2D eigenvalue weighted by atomic mass is 10.1. The average molecular weight is 381 g/mol. The number of rotatable bonds is 4. The van der Waals surface area contributed by atoms with E-state index in [-0.39, 0.29) is 11.7 Å². The molecule has 0 bridgehead atoms. The first-order valence-electron chi connectivity index (χ1n) is 9.47. The van der Waals surface area contributed by atoms with Crippen molar-refractivity contribution in [2.75, 3.05) is 12.4 Å². The number of thioether (sulfide) groups is 1. The predicted octanol–water partition coefficient (Wildman–Crippen LogP) is 4.66. The van der Waals surface area contributed by atoms with E-state index in [0.29, 0.717) is 5.39 Å². The SMILES string of the molecule is Cc1ccc(-n2c(SC[C@H]3CCCCO3)nc3ccccc3c2=O)c(C)c1. The highest BCUT2D eigenvalue weighted by atomic mass is 32.2. The summed E-state index contributed by atoms with van der Waals surface area (Å²) < 4.78 is 7.63. The number of para-hydroxylation sites is 1. The number of hydrogen-bond acceptors (Lipinski definition) is 4. The molecule has 0 radical (unpaired) electrons. The van der Waals surface area contributed by atoms with Gasteiger partial charge in [0.2, 0.25) is 0 Å². The number of nitrogens with zero attached hydrogens (tertiary/aromatic N) is 2. The minimum absolute atomic E-state index is 0.0142. The Balaban J connectivity index is 1.81. The third-order valence-corrected chi connectivity index (χ3v) is 6.08. The fraction of sp³-hybridized carbons (Fsp3) is 0.364. The molecule has 1 atom stereocenters. The monoisotopic (exact) mass is 380 g/mol. The minimum Gasteiger partial charge on any atom is -0.377 e. The zero-order valence-electron chi connectivity index (χ0n) is 15.8. The summed E-state index contributed by atoms with van der Waals surface area (Å²) in [7, 11) is 0. The van der Waals surface area contributed by atoms with Crippen molar-refractivity contribution < 1.29 is 4.74 Å². The van der Waals surface area contributed by atoms with Gasteiger partial charge in [0, 0.05) is 12.4 Å². The van der Waals surface area contributed by atoms with Crippen LogP contribution < -0.4 is 5.56 Å². The molecule has 2 aromatic carbocycles. The molecular weight excluding hydrogens is 356 g/mol. The van der Waals surface area contributed by atoms with Crippen molar-refractivity contribution in [1.29, 1.82) is 0 Å². The Kier molecular flexibility index (Phi) is 5.32. The van der Waals surface area contributed by atoms with Crippen LogP contribution in [0.1, 0.15) is 30.4 Å². The first-order chi connectivity index (χ1) is 13.1. The van der Waals surface area contributed by atoms with E-state index in [1.165, 1.54) is 12.0 Å². The standard InChI is InChI=1S/C22H24N2O2S/c1-15-10-11-20(16(2)13-15)24-21(25)18-8-3-4-9-19(18)23-22(24)27-14-17-7-5-6-12-26-17/h3-4,8-11,13,17H,5-7,12,14H2,1-2H3/t17-/m1/s1. The molecular formula is C22H24N2O2S. The molecule has 0 amide bonds. The summed E-state index contributed by atoms with van der Waals surface area (Å²) >= 11 is 1.62. The molecule has 27 heavy (non-hydrogen) atoms. The van der Waals surface area contributed by atoms with Gasteiger partial charge < -0.3 is 4.74 Å². The van der Waals surface area contributed by atoms with Crippen molar-refractivity contribution in [2.24, 2.45) is 0 Å². The van der Waals surface area contributed by atoms with Crippen LogP contribution in [0.25, 0.3) is 16.6 Å². The number of benzene rings is 2. The minimum atomic E-state index is -0.0142. The van der Waals surface area contributed by atoms with E-state index in [2.05, 4.69) is 13.0 Å². The van der Waals surface area contributed by atoms with Crippen molar-refractivity contribution in [2.45, 2.75) is 44.4 Å². The third kappa shape index (κ3) is 3.80. The number of fused-ring (bicyclic) bond motifs is 1. The van der Waals surface area contributed by atoms with E-state index in [0.717, 1.165) is 47.1 Å². The Labute approximate surface area is 163 Å². The molecule has 0 aliphatic carbocycles. The second-order valence-corrected chi connectivity index (χ2v) is 8.13. The normalized spacial score (nSPS) is 17.3. The fourth-order valence-electron chi connectivity index (χ4n) is 3.58. The number of aryl methyl sites for hydroxylation is 2. The van der Waals surface area contributed by atoms with E-state index in [4.69, 9.17) is 9.72 Å². The summed E-state index contributed by atoms with van der Waals surface area (Å²) in [4.78, 5) is 18.1. The summed E-state index contributed by atoms with van der Waals surface area (Å²) in [5.41, 5.74) is 3.89. The Morgan fingerprint density at radius 1 is 1.19 bits per heavy atom. The Morgan fingerprint density at radius 2 is 2.04 bits per heavy atom. The van der Waals surface area contributed by atoms with Crippen LogP contribution in [0.2, 0.25) is 0 Å². The van der Waals surface area contributed by atoms with Crippen LogP contribution in [0.3, 0.4) is 0 Å². The predicted molar refractivity (Wildman–Crippen MR) is 111 cm³/mol. The second kappa shape index (κ2) is 7.87. The van der Waals surface area contributed by atoms with Crippen molar-refractivity contribution in [1.82, 2.24) is 9.55 Å². The molecule has 1 saturated heterocycles. The summed E-state index contributed by atoms with van der Waals surface area (Å²) in [5.74, 6) is 0.815. The lowest BCUT2D eigenvalue weighted by Gasteiger charge is -2.22. The van der Waals surface area contributed by atoms with Gasteiger partial charge in [0.15, 0.2) is 5.16 Å². The van der Waals surface area contributed by atoms with Crippen LogP contribution in [-0.4, -0.2) is 28.0 Å². The smallest absolute Gasteiger partial charge is 0.266 e. The van der Waals surface area contributed by atoms with Crippen LogP contribution in [0.15, 0.2) is 52.4 Å². The molecule has 1 aromatic heterocycles. The van der Waals surface area contributed by atoms with Crippen molar-refractivity contribution in [3.8, 4) is 5.69 Å². The van der Waals surface area contributed by atoms with Gasteiger partial charge in [0.05, 0.1) is 22.7 Å². The van der Waals surface area contributed by atoms with Gasteiger partial charge in [-0.1, -0.05) is 41.6 Å². The fourth-order valence-corrected chi connectivity index (χ4v) is 4.66. The zero-order valence-corrected chi connectivity index (χ0v) is 16.6. The third-order valence-electron chi connectivity index (χ3n) is 5.01. The van der Waals surface area contributed by atoms with Crippen LogP contribution in [0.4, 0.5) is 0 Å². The van der Waals surface area contributed by atoms with Crippen molar-refractivity contribution in [3.63, 3.8) is 0 Å². The van der Waals surface area contributed by atoms with Gasteiger partial charge >= 0.3 is 0 Å². The quantitative estimate of drug-likeness (QED) is 0.488. The Bertz CT molecular complexity index is 1020. The number of aromatic nitrogens is 2. The van der Waals surface area contributed by atoms with Gasteiger partial charge in [0.1, 0.15) is 0 Å². The first kappa shape index (κ1) is 18.3. The van der Waals surface area contributed by atoms with E-state index in [1.54, 1.807) is 16.3 Å². The maximum Gasteiger partial charge on any atom is 0.266 e. The van der Waals surface area contributed by atoms with Gasteiger partial charge in [-0.25, -0.2) is 4.98 Å². The molecule has 0 unspecified atom stereocenters. The van der Waals surface area contributed by atoms with Gasteiger partial charge in [0.25, 0.3) is 5.56 Å². The van der Waals surface area contributed by atoms with E-state index < -0.39 is 0 Å². The van der Waals surface area contributed by atoms with Gasteiger partial charge in [-0.15, -0.1) is 0 Å². The molecule has 5 heteroatoms. The van der Waals surface area contributed by atoms with Crippen molar-refractivity contribution >= 4 is 22.7 Å². The zero-order chi connectivity index (χ0) is 18.8. The molecule has 0 spiro atoms. The molecule has 2 heterocycles. The highest BCUT2D eigenvalue weighted by Gasteiger charge is 2.18. The molecule has 4 rings (SSSR count). The second-order valence-electron chi connectivity index (χ2n) is 7.14. The van der Waals surface area contributed by atoms with Crippen LogP contribution >= 0.6 is 11.8 Å². The molecule has 4 nitrogen and oxygen atoms in total. The van der Waals surface area contributed by atoms with Crippen LogP contribution in [0, 0.1) is 13.8 Å². The van der Waals surface area contributed by atoms with E-state index >= 15 is 0 Å². The molecule has 1 fully saturated rings. The van der Waals surface area contributed by atoms with Crippen molar-refractivity contribution in [3.05, 3.63) is 63.9 Å². The summed E-state index contributed by atoms with van der Waals surface area (Å²) in [6, 6.07) is 13.7. The average Bonchev–Trinajstić information content (AvgIpc) is 2.68. The lowest BCUT2D eigenvalue weighted by molar-refractivity contribution is 0.0315. The van der Waals surface area contributed by atoms with Gasteiger partial charge in [-0.2, -0.15) is 0 Å². The molecule has 3 aromatic rings. The lowest BCUT2D eigenvalue weighted by Crippen LogP contribution is -2.25. The van der Waals surface area contributed by atoms with Gasteiger partial charge in [-0.05, 0) is 56.9 Å². The molecule has 1 aliphatic heterocycles. The summed E-state index contributed by atoms with van der Waals surface area (Å²) in [6.45, 7) is 4.94. The maximum atomic E-state index is 13.3. The highest BCUT2D eigenvalue weighted by Crippen LogP contribution is 2.26. The Morgan fingerprint density at radius 3 is 2.81 bits per heavy atom. The summed E-state index contributed by atoms with van der Waals surface area (Å²) in [5, 5.41) is 1.38. The number of hydrogen-bond donors (Lipinski definition) is 0. The molecule has 1 aliphatic rings. The maximum absolute atomic E-state index is 13.3. The first-order valence-corrected chi connectivity index (χ1v) is 10.5. The molecule has 0 N–H and O–H groups in total.